The summed E-state index contributed by atoms with van der Waals surface area (Å²) in [6, 6.07) is 1.80. The summed E-state index contributed by atoms with van der Waals surface area (Å²) in [7, 11) is 1.83. The van der Waals surface area contributed by atoms with Crippen molar-refractivity contribution in [1.29, 1.82) is 0 Å². The highest BCUT2D eigenvalue weighted by atomic mass is 16.5. The quantitative estimate of drug-likeness (QED) is 0.790. The molecule has 4 nitrogen and oxygen atoms in total. The van der Waals surface area contributed by atoms with Crippen molar-refractivity contribution in [1.82, 2.24) is 4.90 Å². The summed E-state index contributed by atoms with van der Waals surface area (Å²) < 4.78 is 11.3. The standard InChI is InChI=1S/C13H24N2O2/c1-16-13(4-5-17-9-13)8-15-11-2-3-12(15)7-10(14)6-11/h10-12H,2-9,14H2,1H3. The fraction of sp³-hybridized carbons (Fsp3) is 1.00. The first-order valence-corrected chi connectivity index (χ1v) is 6.87. The van der Waals surface area contributed by atoms with Crippen molar-refractivity contribution < 1.29 is 9.47 Å². The van der Waals surface area contributed by atoms with Gasteiger partial charge in [-0.1, -0.05) is 0 Å². The minimum Gasteiger partial charge on any atom is -0.378 e. The molecule has 3 rings (SSSR count). The molecule has 17 heavy (non-hydrogen) atoms. The van der Waals surface area contributed by atoms with Gasteiger partial charge in [-0.3, -0.25) is 4.90 Å². The molecule has 0 spiro atoms. The summed E-state index contributed by atoms with van der Waals surface area (Å²) in [4.78, 5) is 2.65. The van der Waals surface area contributed by atoms with Crippen LogP contribution in [0.4, 0.5) is 0 Å². The lowest BCUT2D eigenvalue weighted by molar-refractivity contribution is -0.0568. The van der Waals surface area contributed by atoms with Crippen LogP contribution in [-0.2, 0) is 9.47 Å². The summed E-state index contributed by atoms with van der Waals surface area (Å²) in [5.41, 5.74) is 6.06. The lowest BCUT2D eigenvalue weighted by Gasteiger charge is -2.42. The van der Waals surface area contributed by atoms with E-state index in [-0.39, 0.29) is 5.60 Å². The molecule has 3 heterocycles. The zero-order valence-electron chi connectivity index (χ0n) is 10.7. The van der Waals surface area contributed by atoms with Gasteiger partial charge >= 0.3 is 0 Å². The van der Waals surface area contributed by atoms with Gasteiger partial charge in [0, 0.05) is 44.8 Å². The molecule has 2 bridgehead atoms. The van der Waals surface area contributed by atoms with Gasteiger partial charge in [0.25, 0.3) is 0 Å². The van der Waals surface area contributed by atoms with E-state index in [2.05, 4.69) is 4.90 Å². The first-order chi connectivity index (χ1) is 8.22. The molecule has 0 aliphatic carbocycles. The van der Waals surface area contributed by atoms with Crippen molar-refractivity contribution in [3.8, 4) is 0 Å². The third-order valence-corrected chi connectivity index (χ3v) is 4.89. The van der Waals surface area contributed by atoms with Crippen LogP contribution in [0.3, 0.4) is 0 Å². The third-order valence-electron chi connectivity index (χ3n) is 4.89. The van der Waals surface area contributed by atoms with Crippen LogP contribution in [0.1, 0.15) is 32.1 Å². The summed E-state index contributed by atoms with van der Waals surface area (Å²) >= 11 is 0. The van der Waals surface area contributed by atoms with Gasteiger partial charge in [-0.25, -0.2) is 0 Å². The predicted octanol–water partition coefficient (Wildman–Crippen LogP) is 0.746. The van der Waals surface area contributed by atoms with Gasteiger partial charge in [0.05, 0.1) is 6.61 Å². The van der Waals surface area contributed by atoms with Crippen molar-refractivity contribution in [2.45, 2.75) is 55.8 Å². The SMILES string of the molecule is COC1(CN2C3CCC2CC(N)C3)CCOC1. The van der Waals surface area contributed by atoms with Crippen LogP contribution in [0.25, 0.3) is 0 Å². The molecule has 98 valence electrons. The van der Waals surface area contributed by atoms with Crippen molar-refractivity contribution in [2.24, 2.45) is 5.73 Å². The maximum atomic E-state index is 6.11. The van der Waals surface area contributed by atoms with E-state index in [9.17, 15) is 0 Å². The van der Waals surface area contributed by atoms with E-state index in [4.69, 9.17) is 15.2 Å². The van der Waals surface area contributed by atoms with Gasteiger partial charge < -0.3 is 15.2 Å². The monoisotopic (exact) mass is 240 g/mol. The lowest BCUT2D eigenvalue weighted by Crippen LogP contribution is -2.54. The van der Waals surface area contributed by atoms with Crippen LogP contribution in [0.2, 0.25) is 0 Å². The number of fused-ring (bicyclic) bond motifs is 2. The number of methoxy groups -OCH3 is 1. The highest BCUT2D eigenvalue weighted by Crippen LogP contribution is 2.37. The Hall–Kier alpha value is -0.160. The molecule has 0 radical (unpaired) electrons. The van der Waals surface area contributed by atoms with Crippen molar-refractivity contribution in [3.05, 3.63) is 0 Å². The minimum atomic E-state index is -0.0533. The Morgan fingerprint density at radius 2 is 2.06 bits per heavy atom. The Bertz CT molecular complexity index is 265. The number of rotatable bonds is 3. The summed E-state index contributed by atoms with van der Waals surface area (Å²) in [6.45, 7) is 2.63. The number of ether oxygens (including phenoxy) is 2. The molecular formula is C13H24N2O2. The van der Waals surface area contributed by atoms with Crippen LogP contribution >= 0.6 is 0 Å². The van der Waals surface area contributed by atoms with E-state index in [1.165, 1.54) is 12.8 Å². The first-order valence-electron chi connectivity index (χ1n) is 6.87. The van der Waals surface area contributed by atoms with Gasteiger partial charge in [-0.15, -0.1) is 0 Å². The number of hydrogen-bond acceptors (Lipinski definition) is 4. The molecule has 3 aliphatic heterocycles. The number of nitrogens with zero attached hydrogens (tertiary/aromatic N) is 1. The van der Waals surface area contributed by atoms with E-state index in [1.54, 1.807) is 0 Å². The Labute approximate surface area is 103 Å². The predicted molar refractivity (Wildman–Crippen MR) is 65.9 cm³/mol. The molecule has 4 heteroatoms. The van der Waals surface area contributed by atoms with E-state index in [0.29, 0.717) is 18.1 Å². The Balaban J connectivity index is 1.69. The number of nitrogens with two attached hydrogens (primary N) is 1. The lowest BCUT2D eigenvalue weighted by atomic mass is 9.94. The molecule has 3 atom stereocenters. The van der Waals surface area contributed by atoms with Gasteiger partial charge in [0.1, 0.15) is 5.60 Å². The molecule has 0 aromatic carbocycles. The summed E-state index contributed by atoms with van der Waals surface area (Å²) in [5.74, 6) is 0. The van der Waals surface area contributed by atoms with E-state index < -0.39 is 0 Å². The fourth-order valence-electron chi connectivity index (χ4n) is 3.85. The smallest absolute Gasteiger partial charge is 0.106 e. The average Bonchev–Trinajstić information content (AvgIpc) is 2.86. The van der Waals surface area contributed by atoms with Crippen LogP contribution in [0.15, 0.2) is 0 Å². The molecular weight excluding hydrogens is 216 g/mol. The Kier molecular flexibility index (Phi) is 3.15. The zero-order chi connectivity index (χ0) is 11.9. The first kappa shape index (κ1) is 11.9. The molecule has 0 aromatic rings. The highest BCUT2D eigenvalue weighted by molar-refractivity contribution is 5.00. The molecule has 3 saturated heterocycles. The van der Waals surface area contributed by atoms with Gasteiger partial charge in [0.2, 0.25) is 0 Å². The van der Waals surface area contributed by atoms with Crippen molar-refractivity contribution >= 4 is 0 Å². The normalized spacial score (nSPS) is 46.6. The van der Waals surface area contributed by atoms with E-state index in [0.717, 1.165) is 39.0 Å². The van der Waals surface area contributed by atoms with Crippen LogP contribution < -0.4 is 5.73 Å². The molecule has 3 fully saturated rings. The van der Waals surface area contributed by atoms with Gasteiger partial charge in [-0.05, 0) is 25.7 Å². The fourth-order valence-corrected chi connectivity index (χ4v) is 3.85. The second-order valence-corrected chi connectivity index (χ2v) is 5.98. The molecule has 3 aliphatic rings. The summed E-state index contributed by atoms with van der Waals surface area (Å²) in [6.07, 6.45) is 6.00. The third kappa shape index (κ3) is 2.12. The van der Waals surface area contributed by atoms with E-state index >= 15 is 0 Å². The second-order valence-electron chi connectivity index (χ2n) is 5.98. The van der Waals surface area contributed by atoms with Gasteiger partial charge in [-0.2, -0.15) is 0 Å². The van der Waals surface area contributed by atoms with Crippen molar-refractivity contribution in [3.63, 3.8) is 0 Å². The topological polar surface area (TPSA) is 47.7 Å². The molecule has 3 unspecified atom stereocenters. The minimum absolute atomic E-state index is 0.0533. The van der Waals surface area contributed by atoms with Crippen LogP contribution in [0.5, 0.6) is 0 Å². The van der Waals surface area contributed by atoms with Crippen LogP contribution in [0, 0.1) is 0 Å². The second kappa shape index (κ2) is 4.50. The largest absolute Gasteiger partial charge is 0.378 e. The summed E-state index contributed by atoms with van der Waals surface area (Å²) in [5, 5.41) is 0. The maximum absolute atomic E-state index is 6.11. The Morgan fingerprint density at radius 3 is 2.59 bits per heavy atom. The van der Waals surface area contributed by atoms with E-state index in [1.807, 2.05) is 7.11 Å². The number of piperidine rings is 1. The zero-order valence-corrected chi connectivity index (χ0v) is 10.7. The average molecular weight is 240 g/mol. The maximum Gasteiger partial charge on any atom is 0.106 e. The van der Waals surface area contributed by atoms with Crippen molar-refractivity contribution in [2.75, 3.05) is 26.9 Å². The molecule has 0 saturated carbocycles. The highest BCUT2D eigenvalue weighted by Gasteiger charge is 2.45. The molecule has 0 aromatic heterocycles. The van der Waals surface area contributed by atoms with Gasteiger partial charge in [0.15, 0.2) is 0 Å². The molecule has 2 N–H and O–H groups in total. The van der Waals surface area contributed by atoms with Crippen LogP contribution in [-0.4, -0.2) is 55.5 Å². The molecule has 0 amide bonds. The Morgan fingerprint density at radius 1 is 1.35 bits per heavy atom. The number of hydrogen-bond donors (Lipinski definition) is 1.